The molecule has 3 aromatic carbocycles. The van der Waals surface area contributed by atoms with E-state index in [1.165, 1.54) is 25.3 Å². The summed E-state index contributed by atoms with van der Waals surface area (Å²) in [5.74, 6) is 0.170. The number of aryl methyl sites for hydroxylation is 1. The highest BCUT2D eigenvalue weighted by atomic mass is 79.9. The minimum absolute atomic E-state index is 0.0293. The third kappa shape index (κ3) is 5.52. The first-order valence-corrected chi connectivity index (χ1v) is 11.4. The topological polar surface area (TPSA) is 100 Å². The van der Waals surface area contributed by atoms with Crippen molar-refractivity contribution in [3.8, 4) is 11.5 Å². The lowest BCUT2D eigenvalue weighted by molar-refractivity contribution is -0.385. The molecule has 0 saturated heterocycles. The number of ether oxygens (including phenoxy) is 3. The van der Waals surface area contributed by atoms with Gasteiger partial charge in [-0.25, -0.2) is 9.79 Å². The van der Waals surface area contributed by atoms with Gasteiger partial charge < -0.3 is 14.2 Å². The van der Waals surface area contributed by atoms with Crippen molar-refractivity contribution in [1.82, 2.24) is 0 Å². The Morgan fingerprint density at radius 2 is 2.00 bits per heavy atom. The molecule has 0 radical (unpaired) electrons. The Balaban J connectivity index is 1.59. The average Bonchev–Trinajstić information content (AvgIpc) is 3.17. The van der Waals surface area contributed by atoms with Crippen LogP contribution in [0.4, 0.5) is 5.69 Å². The van der Waals surface area contributed by atoms with Gasteiger partial charge in [0.05, 0.1) is 17.1 Å². The number of nitro groups is 1. The lowest BCUT2D eigenvalue weighted by atomic mass is 10.1. The maximum atomic E-state index is 12.4. The van der Waals surface area contributed by atoms with Crippen LogP contribution in [0.2, 0.25) is 5.02 Å². The van der Waals surface area contributed by atoms with E-state index in [1.807, 2.05) is 24.3 Å². The minimum Gasteiger partial charge on any atom is -0.493 e. The fraction of sp³-hybridized carbons (Fsp3) is 0.120. The number of nitrogens with zero attached hydrogens (tertiary/aromatic N) is 2. The van der Waals surface area contributed by atoms with Crippen LogP contribution in [0.3, 0.4) is 0 Å². The molecule has 0 atom stereocenters. The second kappa shape index (κ2) is 10.3. The fourth-order valence-electron chi connectivity index (χ4n) is 3.43. The first kappa shape index (κ1) is 24.4. The quantitative estimate of drug-likeness (QED) is 0.147. The highest BCUT2D eigenvalue weighted by Gasteiger charge is 2.25. The van der Waals surface area contributed by atoms with E-state index in [2.05, 4.69) is 20.9 Å². The van der Waals surface area contributed by atoms with Crippen LogP contribution >= 0.6 is 27.5 Å². The number of methoxy groups -OCH3 is 1. The molecule has 0 N–H and O–H groups in total. The van der Waals surface area contributed by atoms with Gasteiger partial charge >= 0.3 is 5.97 Å². The molecular weight excluding hydrogens is 540 g/mol. The standard InChI is InChI=1S/C25H18BrClN2O6/c1-14-8-17(6-7-21(14)29(31)32)24-28-20(25(30)35-24)11-16-10-19(27)23(22(12-16)33-2)34-13-15-4-3-5-18(26)9-15/h3-12H,13H2,1-2H3/b20-11-. The number of rotatable bonds is 7. The maximum Gasteiger partial charge on any atom is 0.363 e. The Kier molecular flexibility index (Phi) is 7.18. The fourth-order valence-corrected chi connectivity index (χ4v) is 4.15. The van der Waals surface area contributed by atoms with Gasteiger partial charge in [-0.15, -0.1) is 0 Å². The number of nitro benzene ring substituents is 1. The predicted molar refractivity (Wildman–Crippen MR) is 135 cm³/mol. The molecule has 3 aromatic rings. The molecule has 35 heavy (non-hydrogen) atoms. The largest absolute Gasteiger partial charge is 0.493 e. The summed E-state index contributed by atoms with van der Waals surface area (Å²) in [5.41, 5.74) is 2.41. The van der Waals surface area contributed by atoms with E-state index in [-0.39, 0.29) is 23.9 Å². The molecule has 8 nitrogen and oxygen atoms in total. The molecule has 0 saturated carbocycles. The van der Waals surface area contributed by atoms with E-state index in [4.69, 9.17) is 25.8 Å². The van der Waals surface area contributed by atoms with Gasteiger partial charge in [0.2, 0.25) is 5.90 Å². The summed E-state index contributed by atoms with van der Waals surface area (Å²) in [5, 5.41) is 11.3. The Bertz CT molecular complexity index is 1400. The van der Waals surface area contributed by atoms with Gasteiger partial charge in [0.15, 0.2) is 17.2 Å². The Labute approximate surface area is 214 Å². The van der Waals surface area contributed by atoms with Crippen LogP contribution in [-0.4, -0.2) is 23.9 Å². The van der Waals surface area contributed by atoms with Crippen molar-refractivity contribution in [3.63, 3.8) is 0 Å². The van der Waals surface area contributed by atoms with E-state index in [9.17, 15) is 14.9 Å². The second-order valence-corrected chi connectivity index (χ2v) is 8.87. The molecule has 0 aliphatic carbocycles. The highest BCUT2D eigenvalue weighted by molar-refractivity contribution is 9.10. The number of aliphatic imine (C=N–C) groups is 1. The molecule has 1 aliphatic heterocycles. The first-order chi connectivity index (χ1) is 16.7. The number of halogens is 2. The molecule has 178 valence electrons. The van der Waals surface area contributed by atoms with Gasteiger partial charge in [0.1, 0.15) is 6.61 Å². The zero-order valence-electron chi connectivity index (χ0n) is 18.6. The van der Waals surface area contributed by atoms with Crippen molar-refractivity contribution < 1.29 is 23.9 Å². The number of carbonyl (C=O) groups excluding carboxylic acids is 1. The van der Waals surface area contributed by atoms with Gasteiger partial charge in [-0.1, -0.05) is 39.7 Å². The SMILES string of the molecule is COc1cc(/C=C2\N=C(c3ccc([N+](=O)[O-])c(C)c3)OC2=O)cc(Cl)c1OCc1cccc(Br)c1. The maximum absolute atomic E-state index is 12.4. The van der Waals surface area contributed by atoms with Crippen LogP contribution in [0.25, 0.3) is 6.08 Å². The van der Waals surface area contributed by atoms with Gasteiger partial charge in [-0.3, -0.25) is 10.1 Å². The van der Waals surface area contributed by atoms with Crippen LogP contribution < -0.4 is 9.47 Å². The molecule has 0 spiro atoms. The van der Waals surface area contributed by atoms with Crippen molar-refractivity contribution in [2.45, 2.75) is 13.5 Å². The molecule has 0 bridgehead atoms. The third-order valence-corrected chi connectivity index (χ3v) is 5.86. The lowest BCUT2D eigenvalue weighted by Crippen LogP contribution is -2.06. The molecule has 0 unspecified atom stereocenters. The van der Waals surface area contributed by atoms with E-state index in [1.54, 1.807) is 25.1 Å². The molecule has 0 aromatic heterocycles. The zero-order valence-corrected chi connectivity index (χ0v) is 20.9. The minimum atomic E-state index is -0.652. The highest BCUT2D eigenvalue weighted by Crippen LogP contribution is 2.38. The molecule has 0 fully saturated rings. The number of benzene rings is 3. The number of esters is 1. The van der Waals surface area contributed by atoms with Crippen LogP contribution in [0.5, 0.6) is 11.5 Å². The van der Waals surface area contributed by atoms with Crippen molar-refractivity contribution in [1.29, 1.82) is 0 Å². The van der Waals surface area contributed by atoms with Crippen LogP contribution in [0, 0.1) is 17.0 Å². The molecule has 0 amide bonds. The normalized spacial score (nSPS) is 14.0. The number of hydrogen-bond donors (Lipinski definition) is 0. The molecular formula is C25H18BrClN2O6. The summed E-state index contributed by atoms with van der Waals surface area (Å²) >= 11 is 9.89. The van der Waals surface area contributed by atoms with Gasteiger partial charge in [0, 0.05) is 21.7 Å². The van der Waals surface area contributed by atoms with E-state index >= 15 is 0 Å². The Hall–Kier alpha value is -3.69. The predicted octanol–water partition coefficient (Wildman–Crippen LogP) is 6.25. The van der Waals surface area contributed by atoms with Crippen LogP contribution in [-0.2, 0) is 16.1 Å². The summed E-state index contributed by atoms with van der Waals surface area (Å²) < 4.78 is 17.6. The van der Waals surface area contributed by atoms with Crippen molar-refractivity contribution in [2.75, 3.05) is 7.11 Å². The van der Waals surface area contributed by atoms with E-state index in [0.717, 1.165) is 10.0 Å². The van der Waals surface area contributed by atoms with Crippen molar-refractivity contribution in [2.24, 2.45) is 4.99 Å². The number of carbonyl (C=O) groups is 1. The van der Waals surface area contributed by atoms with E-state index in [0.29, 0.717) is 33.2 Å². The van der Waals surface area contributed by atoms with Crippen molar-refractivity contribution in [3.05, 3.63) is 102 Å². The molecule has 4 rings (SSSR count). The number of cyclic esters (lactones) is 1. The van der Waals surface area contributed by atoms with Crippen LogP contribution in [0.1, 0.15) is 22.3 Å². The third-order valence-electron chi connectivity index (χ3n) is 5.09. The summed E-state index contributed by atoms with van der Waals surface area (Å²) in [7, 11) is 1.49. The second-order valence-electron chi connectivity index (χ2n) is 7.55. The lowest BCUT2D eigenvalue weighted by Gasteiger charge is -2.13. The summed E-state index contributed by atoms with van der Waals surface area (Å²) in [6, 6.07) is 15.4. The Morgan fingerprint density at radius 3 is 2.69 bits per heavy atom. The van der Waals surface area contributed by atoms with Crippen LogP contribution in [0.15, 0.2) is 69.8 Å². The molecule has 1 heterocycles. The van der Waals surface area contributed by atoms with Gasteiger partial charge in [-0.2, -0.15) is 0 Å². The van der Waals surface area contributed by atoms with Crippen molar-refractivity contribution >= 4 is 51.2 Å². The van der Waals surface area contributed by atoms with Gasteiger partial charge in [-0.05, 0) is 60.5 Å². The van der Waals surface area contributed by atoms with Gasteiger partial charge in [0.25, 0.3) is 5.69 Å². The monoisotopic (exact) mass is 556 g/mol. The number of hydrogen-bond acceptors (Lipinski definition) is 7. The summed E-state index contributed by atoms with van der Waals surface area (Å²) in [6.45, 7) is 1.88. The molecule has 10 heteroatoms. The smallest absolute Gasteiger partial charge is 0.363 e. The summed E-state index contributed by atoms with van der Waals surface area (Å²) in [4.78, 5) is 27.2. The molecule has 1 aliphatic rings. The Morgan fingerprint density at radius 1 is 1.20 bits per heavy atom. The van der Waals surface area contributed by atoms with E-state index < -0.39 is 10.9 Å². The zero-order chi connectivity index (χ0) is 25.1. The summed E-state index contributed by atoms with van der Waals surface area (Å²) in [6.07, 6.45) is 1.51. The average molecular weight is 558 g/mol. The first-order valence-electron chi connectivity index (χ1n) is 10.3.